The topological polar surface area (TPSA) is 117 Å². The Kier molecular flexibility index (Phi) is 2.61. The smallest absolute Gasteiger partial charge is 0.224 e. The average Bonchev–Trinajstić information content (AvgIpc) is 2.74. The van der Waals surface area contributed by atoms with E-state index in [0.29, 0.717) is 0 Å². The number of nitrogens with two attached hydrogens (primary N) is 1. The fourth-order valence-electron chi connectivity index (χ4n) is 1.25. The maximum absolute atomic E-state index is 8.96. The molecule has 0 aliphatic rings. The van der Waals surface area contributed by atoms with Crippen LogP contribution in [0.2, 0.25) is 5.28 Å². The number of hydrogen-bond donors (Lipinski definition) is 1. The molecule has 82 valence electrons. The Bertz CT molecular complexity index is 661. The number of rotatable bonds is 1. The predicted molar refractivity (Wildman–Crippen MR) is 58.0 cm³/mol. The van der Waals surface area contributed by atoms with Crippen molar-refractivity contribution in [1.29, 1.82) is 10.5 Å². The fraction of sp³-hybridized carbons (Fsp3) is 0. The lowest BCUT2D eigenvalue weighted by atomic mass is 10.3. The maximum Gasteiger partial charge on any atom is 0.224 e. The van der Waals surface area contributed by atoms with Crippen LogP contribution >= 0.6 is 11.6 Å². The molecular weight excluding hydrogens is 242 g/mol. The molecule has 0 unspecified atom stereocenters. The lowest BCUT2D eigenvalue weighted by molar-refractivity contribution is 0.961. The Hall–Kier alpha value is -2.64. The van der Waals surface area contributed by atoms with Gasteiger partial charge in [-0.3, -0.25) is 4.57 Å². The highest BCUT2D eigenvalue weighted by molar-refractivity contribution is 6.28. The molecule has 0 saturated heterocycles. The van der Waals surface area contributed by atoms with E-state index in [9.17, 15) is 0 Å². The fourth-order valence-corrected chi connectivity index (χ4v) is 1.38. The first-order valence-electron chi connectivity index (χ1n) is 4.33. The second-order valence-corrected chi connectivity index (χ2v) is 3.29. The van der Waals surface area contributed by atoms with Gasteiger partial charge in [0.2, 0.25) is 5.28 Å². The largest absolute Gasteiger partial charge is 0.394 e. The Morgan fingerprint density at radius 2 is 2.06 bits per heavy atom. The first kappa shape index (κ1) is 10.9. The average molecular weight is 246 g/mol. The molecular formula is C9H4ClN7. The molecule has 2 N–H and O–H groups in total. The third-order valence-electron chi connectivity index (χ3n) is 1.97. The molecule has 2 aromatic heterocycles. The van der Waals surface area contributed by atoms with Gasteiger partial charge in [0.15, 0.2) is 17.2 Å². The summed E-state index contributed by atoms with van der Waals surface area (Å²) in [5.41, 5.74) is 5.95. The third kappa shape index (κ3) is 1.75. The zero-order valence-electron chi connectivity index (χ0n) is 8.29. The summed E-state index contributed by atoms with van der Waals surface area (Å²) in [5.74, 6) is 0.218. The van der Waals surface area contributed by atoms with Gasteiger partial charge in [0, 0.05) is 0 Å². The second kappa shape index (κ2) is 4.08. The minimum Gasteiger partial charge on any atom is -0.394 e. The van der Waals surface area contributed by atoms with Gasteiger partial charge in [-0.25, -0.2) is 9.97 Å². The lowest BCUT2D eigenvalue weighted by Crippen LogP contribution is -2.05. The summed E-state index contributed by atoms with van der Waals surface area (Å²) in [5, 5.41) is 17.7. The molecule has 0 aliphatic carbocycles. The van der Waals surface area contributed by atoms with E-state index in [1.807, 2.05) is 6.07 Å². The standard InChI is InChI=1S/C9H4ClN7/c10-9-14-3-5(13)8(16-9)17-4-15-6(1-11)7(17)2-12/h3-4H,13H2. The first-order chi connectivity index (χ1) is 8.17. The monoisotopic (exact) mass is 245 g/mol. The van der Waals surface area contributed by atoms with Gasteiger partial charge in [-0.05, 0) is 11.6 Å². The van der Waals surface area contributed by atoms with Crippen LogP contribution in [0.1, 0.15) is 11.4 Å². The minimum atomic E-state index is -0.00898. The van der Waals surface area contributed by atoms with Crippen molar-refractivity contribution in [1.82, 2.24) is 19.5 Å². The molecule has 7 nitrogen and oxygen atoms in total. The van der Waals surface area contributed by atoms with Crippen LogP contribution in [-0.2, 0) is 0 Å². The van der Waals surface area contributed by atoms with E-state index in [2.05, 4.69) is 15.0 Å². The van der Waals surface area contributed by atoms with Gasteiger partial charge < -0.3 is 5.73 Å². The first-order valence-corrected chi connectivity index (χ1v) is 4.71. The number of hydrogen-bond acceptors (Lipinski definition) is 6. The van der Waals surface area contributed by atoms with E-state index in [-0.39, 0.29) is 28.2 Å². The van der Waals surface area contributed by atoms with Crippen LogP contribution in [0.25, 0.3) is 5.82 Å². The minimum absolute atomic E-state index is 0.00151. The molecule has 0 saturated carbocycles. The van der Waals surface area contributed by atoms with Crippen LogP contribution < -0.4 is 5.73 Å². The normalized spacial score (nSPS) is 9.59. The van der Waals surface area contributed by atoms with Gasteiger partial charge in [-0.1, -0.05) is 0 Å². The number of nitrogen functional groups attached to an aromatic ring is 1. The molecule has 0 spiro atoms. The summed E-state index contributed by atoms with van der Waals surface area (Å²) in [6.45, 7) is 0. The van der Waals surface area contributed by atoms with Crippen LogP contribution in [0.4, 0.5) is 5.69 Å². The number of imidazole rings is 1. The van der Waals surface area contributed by atoms with Crippen molar-refractivity contribution in [3.05, 3.63) is 29.2 Å². The van der Waals surface area contributed by atoms with Crippen LogP contribution in [0.3, 0.4) is 0 Å². The summed E-state index contributed by atoms with van der Waals surface area (Å²) < 4.78 is 1.29. The van der Waals surface area contributed by atoms with Gasteiger partial charge in [-0.15, -0.1) is 0 Å². The Morgan fingerprint density at radius 1 is 1.29 bits per heavy atom. The quantitative estimate of drug-likeness (QED) is 0.737. The molecule has 2 aromatic rings. The second-order valence-electron chi connectivity index (χ2n) is 2.95. The van der Waals surface area contributed by atoms with Crippen molar-refractivity contribution >= 4 is 17.3 Å². The van der Waals surface area contributed by atoms with Crippen LogP contribution in [-0.4, -0.2) is 19.5 Å². The van der Waals surface area contributed by atoms with E-state index in [1.165, 1.54) is 17.1 Å². The highest BCUT2D eigenvalue weighted by Crippen LogP contribution is 2.18. The van der Waals surface area contributed by atoms with Crippen molar-refractivity contribution < 1.29 is 0 Å². The van der Waals surface area contributed by atoms with Crippen molar-refractivity contribution in [2.45, 2.75) is 0 Å². The molecule has 0 atom stereocenters. The molecule has 0 bridgehead atoms. The number of nitrogens with zero attached hydrogens (tertiary/aromatic N) is 6. The Labute approximate surface area is 101 Å². The van der Waals surface area contributed by atoms with E-state index < -0.39 is 0 Å². The van der Waals surface area contributed by atoms with Gasteiger partial charge in [0.05, 0.1) is 11.9 Å². The van der Waals surface area contributed by atoms with Crippen molar-refractivity contribution in [2.24, 2.45) is 0 Å². The van der Waals surface area contributed by atoms with Crippen LogP contribution in [0.5, 0.6) is 0 Å². The molecule has 0 aromatic carbocycles. The predicted octanol–water partition coefficient (Wildman–Crippen LogP) is 0.641. The zero-order chi connectivity index (χ0) is 12.4. The molecule has 8 heteroatoms. The summed E-state index contributed by atoms with van der Waals surface area (Å²) in [6.07, 6.45) is 2.60. The van der Waals surface area contributed by atoms with Crippen molar-refractivity contribution in [3.63, 3.8) is 0 Å². The number of nitriles is 2. The molecule has 0 aliphatic heterocycles. The molecule has 2 heterocycles. The van der Waals surface area contributed by atoms with Crippen molar-refractivity contribution in [3.8, 4) is 18.0 Å². The number of anilines is 1. The Balaban J connectivity index is 2.70. The van der Waals surface area contributed by atoms with Gasteiger partial charge in [0.1, 0.15) is 18.5 Å². The Morgan fingerprint density at radius 3 is 2.71 bits per heavy atom. The third-order valence-corrected chi connectivity index (χ3v) is 2.16. The van der Waals surface area contributed by atoms with E-state index in [4.69, 9.17) is 27.9 Å². The maximum atomic E-state index is 8.96. The van der Waals surface area contributed by atoms with E-state index in [1.54, 1.807) is 6.07 Å². The highest BCUT2D eigenvalue weighted by atomic mass is 35.5. The van der Waals surface area contributed by atoms with Crippen LogP contribution in [0.15, 0.2) is 12.5 Å². The molecule has 0 radical (unpaired) electrons. The van der Waals surface area contributed by atoms with E-state index in [0.717, 1.165) is 0 Å². The zero-order valence-corrected chi connectivity index (χ0v) is 9.05. The summed E-state index contributed by atoms with van der Waals surface area (Å²) in [4.78, 5) is 11.4. The van der Waals surface area contributed by atoms with Gasteiger partial charge in [-0.2, -0.15) is 15.5 Å². The van der Waals surface area contributed by atoms with Gasteiger partial charge >= 0.3 is 0 Å². The van der Waals surface area contributed by atoms with Crippen molar-refractivity contribution in [2.75, 3.05) is 5.73 Å². The lowest BCUT2D eigenvalue weighted by Gasteiger charge is -2.05. The summed E-state index contributed by atoms with van der Waals surface area (Å²) >= 11 is 5.64. The summed E-state index contributed by atoms with van der Waals surface area (Å²) in [7, 11) is 0. The van der Waals surface area contributed by atoms with E-state index >= 15 is 0 Å². The number of halogens is 1. The molecule has 0 amide bonds. The SMILES string of the molecule is N#Cc1ncn(-c2nc(Cl)ncc2N)c1C#N. The molecule has 17 heavy (non-hydrogen) atoms. The molecule has 0 fully saturated rings. The highest BCUT2D eigenvalue weighted by Gasteiger charge is 2.15. The number of aromatic nitrogens is 4. The van der Waals surface area contributed by atoms with Crippen LogP contribution in [0, 0.1) is 22.7 Å². The molecule has 2 rings (SSSR count). The van der Waals surface area contributed by atoms with Gasteiger partial charge in [0.25, 0.3) is 0 Å². The summed E-state index contributed by atoms with van der Waals surface area (Å²) in [6, 6.07) is 3.66.